The minimum atomic E-state index is -3.23. The molecule has 0 spiro atoms. The molecule has 0 bridgehead atoms. The van der Waals surface area contributed by atoms with Gasteiger partial charge in [0.1, 0.15) is 0 Å². The molecule has 0 atom stereocenters. The van der Waals surface area contributed by atoms with Gasteiger partial charge in [-0.2, -0.15) is 0 Å². The fraction of sp³-hybridized carbons (Fsp3) is 0.474. The van der Waals surface area contributed by atoms with Crippen molar-refractivity contribution in [1.82, 2.24) is 14.2 Å². The summed E-state index contributed by atoms with van der Waals surface area (Å²) in [6, 6.07) is 7.88. The first-order valence-corrected chi connectivity index (χ1v) is 10.8. The SMILES string of the molecule is CCc1ccc2nc(C)cc(C(=O)N3CCCN(S(C)(=O)=O)CC3)c2c1. The summed E-state index contributed by atoms with van der Waals surface area (Å²) in [5.41, 5.74) is 3.43. The molecule has 1 aromatic carbocycles. The highest BCUT2D eigenvalue weighted by Crippen LogP contribution is 2.23. The Morgan fingerprint density at radius 3 is 2.62 bits per heavy atom. The quantitative estimate of drug-likeness (QED) is 0.825. The second-order valence-corrected chi connectivity index (χ2v) is 8.81. The van der Waals surface area contributed by atoms with Crippen molar-refractivity contribution >= 4 is 26.8 Å². The van der Waals surface area contributed by atoms with Crippen molar-refractivity contribution in [2.24, 2.45) is 0 Å². The molecule has 1 aliphatic rings. The number of aryl methyl sites for hydroxylation is 2. The van der Waals surface area contributed by atoms with Crippen LogP contribution in [0.25, 0.3) is 10.9 Å². The van der Waals surface area contributed by atoms with Crippen molar-refractivity contribution in [3.63, 3.8) is 0 Å². The van der Waals surface area contributed by atoms with Crippen LogP contribution in [0.2, 0.25) is 0 Å². The zero-order valence-corrected chi connectivity index (χ0v) is 16.3. The van der Waals surface area contributed by atoms with E-state index >= 15 is 0 Å². The molecule has 0 aliphatic carbocycles. The molecule has 3 rings (SSSR count). The standard InChI is InChI=1S/C19H25N3O3S/c1-4-15-6-7-18-16(13-15)17(12-14(2)20-18)19(23)21-8-5-9-22(11-10-21)26(3,24)25/h6-7,12-13H,4-5,8-11H2,1-3H3. The summed E-state index contributed by atoms with van der Waals surface area (Å²) in [7, 11) is -3.23. The van der Waals surface area contributed by atoms with Gasteiger partial charge in [0.2, 0.25) is 10.0 Å². The first kappa shape index (κ1) is 18.8. The molecule has 2 heterocycles. The Morgan fingerprint density at radius 2 is 1.92 bits per heavy atom. The number of nitrogens with zero attached hydrogens (tertiary/aromatic N) is 3. The van der Waals surface area contributed by atoms with Crippen LogP contribution < -0.4 is 0 Å². The van der Waals surface area contributed by atoms with Crippen molar-refractivity contribution in [2.75, 3.05) is 32.4 Å². The van der Waals surface area contributed by atoms with Gasteiger partial charge >= 0.3 is 0 Å². The summed E-state index contributed by atoms with van der Waals surface area (Å²) < 4.78 is 25.0. The summed E-state index contributed by atoms with van der Waals surface area (Å²) in [6.45, 7) is 5.73. The van der Waals surface area contributed by atoms with E-state index in [1.807, 2.05) is 31.2 Å². The van der Waals surface area contributed by atoms with E-state index in [9.17, 15) is 13.2 Å². The zero-order chi connectivity index (χ0) is 18.9. The average Bonchev–Trinajstić information content (AvgIpc) is 2.86. The number of fused-ring (bicyclic) bond motifs is 1. The summed E-state index contributed by atoms with van der Waals surface area (Å²) in [4.78, 5) is 19.5. The van der Waals surface area contributed by atoms with Gasteiger partial charge in [-0.15, -0.1) is 0 Å². The number of carbonyl (C=O) groups excluding carboxylic acids is 1. The highest BCUT2D eigenvalue weighted by atomic mass is 32.2. The van der Waals surface area contributed by atoms with Crippen LogP contribution in [0.4, 0.5) is 0 Å². The molecule has 140 valence electrons. The van der Waals surface area contributed by atoms with Gasteiger partial charge in [0.25, 0.3) is 5.91 Å². The second-order valence-electron chi connectivity index (χ2n) is 6.82. The van der Waals surface area contributed by atoms with Crippen LogP contribution >= 0.6 is 0 Å². The first-order valence-electron chi connectivity index (χ1n) is 8.94. The number of aromatic nitrogens is 1. The van der Waals surface area contributed by atoms with E-state index in [1.54, 1.807) is 4.90 Å². The molecular weight excluding hydrogens is 350 g/mol. The van der Waals surface area contributed by atoms with Crippen LogP contribution in [0.1, 0.15) is 35.0 Å². The largest absolute Gasteiger partial charge is 0.337 e. The van der Waals surface area contributed by atoms with E-state index in [0.717, 1.165) is 28.6 Å². The van der Waals surface area contributed by atoms with Gasteiger partial charge in [-0.25, -0.2) is 12.7 Å². The Hall–Kier alpha value is -1.99. The molecule has 1 amide bonds. The minimum absolute atomic E-state index is 0.0518. The third kappa shape index (κ3) is 3.88. The maximum atomic E-state index is 13.2. The highest BCUT2D eigenvalue weighted by molar-refractivity contribution is 7.88. The third-order valence-electron chi connectivity index (χ3n) is 4.85. The van der Waals surface area contributed by atoms with Crippen molar-refractivity contribution in [3.8, 4) is 0 Å². The first-order chi connectivity index (χ1) is 12.3. The Bertz CT molecular complexity index is 940. The van der Waals surface area contributed by atoms with Gasteiger partial charge in [0.15, 0.2) is 0 Å². The van der Waals surface area contributed by atoms with Crippen molar-refractivity contribution in [2.45, 2.75) is 26.7 Å². The average molecular weight is 375 g/mol. The van der Waals surface area contributed by atoms with Gasteiger partial charge < -0.3 is 4.90 Å². The number of pyridine rings is 1. The topological polar surface area (TPSA) is 70.6 Å². The molecule has 26 heavy (non-hydrogen) atoms. The number of hydrogen-bond donors (Lipinski definition) is 0. The predicted octanol–water partition coefficient (Wildman–Crippen LogP) is 2.21. The smallest absolute Gasteiger partial charge is 0.254 e. The molecule has 1 aliphatic heterocycles. The van der Waals surface area contributed by atoms with Gasteiger partial charge in [-0.1, -0.05) is 13.0 Å². The molecule has 1 saturated heterocycles. The molecular formula is C19H25N3O3S. The molecule has 1 fully saturated rings. The molecule has 1 aromatic heterocycles. The van der Waals surface area contributed by atoms with Gasteiger partial charge in [0.05, 0.1) is 17.3 Å². The fourth-order valence-corrected chi connectivity index (χ4v) is 4.28. The summed E-state index contributed by atoms with van der Waals surface area (Å²) >= 11 is 0. The molecule has 6 nitrogen and oxygen atoms in total. The van der Waals surface area contributed by atoms with E-state index in [1.165, 1.54) is 10.6 Å². The van der Waals surface area contributed by atoms with Crippen LogP contribution in [0.15, 0.2) is 24.3 Å². The Labute approximate surface area is 154 Å². The van der Waals surface area contributed by atoms with Crippen LogP contribution in [0, 0.1) is 6.92 Å². The fourth-order valence-electron chi connectivity index (χ4n) is 3.40. The Morgan fingerprint density at radius 1 is 1.15 bits per heavy atom. The normalized spacial score (nSPS) is 16.7. The van der Waals surface area contributed by atoms with Gasteiger partial charge in [0, 0.05) is 37.3 Å². The number of carbonyl (C=O) groups is 1. The van der Waals surface area contributed by atoms with Crippen LogP contribution in [0.5, 0.6) is 0 Å². The highest BCUT2D eigenvalue weighted by Gasteiger charge is 2.25. The number of hydrogen-bond acceptors (Lipinski definition) is 4. The van der Waals surface area contributed by atoms with Crippen molar-refractivity contribution in [1.29, 1.82) is 0 Å². The van der Waals surface area contributed by atoms with Crippen molar-refractivity contribution < 1.29 is 13.2 Å². The van der Waals surface area contributed by atoms with Crippen LogP contribution in [-0.4, -0.2) is 60.9 Å². The van der Waals surface area contributed by atoms with E-state index in [-0.39, 0.29) is 5.91 Å². The Balaban J connectivity index is 1.94. The Kier molecular flexibility index (Phi) is 5.29. The number of benzene rings is 1. The van der Waals surface area contributed by atoms with Gasteiger partial charge in [-0.3, -0.25) is 9.78 Å². The van der Waals surface area contributed by atoms with Crippen LogP contribution in [0.3, 0.4) is 0 Å². The summed E-state index contributed by atoms with van der Waals surface area (Å²) in [6.07, 6.45) is 2.75. The third-order valence-corrected chi connectivity index (χ3v) is 6.15. The van der Waals surface area contributed by atoms with Crippen molar-refractivity contribution in [3.05, 3.63) is 41.1 Å². The number of rotatable bonds is 3. The second kappa shape index (κ2) is 7.32. The molecule has 0 unspecified atom stereocenters. The lowest BCUT2D eigenvalue weighted by molar-refractivity contribution is 0.0766. The number of amides is 1. The maximum Gasteiger partial charge on any atom is 0.254 e. The molecule has 2 aromatic rings. The minimum Gasteiger partial charge on any atom is -0.337 e. The molecule has 0 saturated carbocycles. The molecule has 0 radical (unpaired) electrons. The van der Waals surface area contributed by atoms with E-state index in [2.05, 4.69) is 11.9 Å². The van der Waals surface area contributed by atoms with Gasteiger partial charge in [-0.05, 0) is 43.5 Å². The maximum absolute atomic E-state index is 13.2. The van der Waals surface area contributed by atoms with Crippen LogP contribution in [-0.2, 0) is 16.4 Å². The summed E-state index contributed by atoms with van der Waals surface area (Å²) in [5, 5.41) is 0.865. The monoisotopic (exact) mass is 375 g/mol. The lowest BCUT2D eigenvalue weighted by Crippen LogP contribution is -2.37. The molecule has 7 heteroatoms. The van der Waals surface area contributed by atoms with E-state index in [4.69, 9.17) is 0 Å². The predicted molar refractivity (Wildman–Crippen MR) is 103 cm³/mol. The van der Waals surface area contributed by atoms with E-state index < -0.39 is 10.0 Å². The summed E-state index contributed by atoms with van der Waals surface area (Å²) in [5.74, 6) is -0.0518. The zero-order valence-electron chi connectivity index (χ0n) is 15.5. The van der Waals surface area contributed by atoms with E-state index in [0.29, 0.717) is 38.2 Å². The lowest BCUT2D eigenvalue weighted by Gasteiger charge is -2.22. The molecule has 0 N–H and O–H groups in total. The number of sulfonamides is 1. The lowest BCUT2D eigenvalue weighted by atomic mass is 10.0.